The molecule has 2 rings (SSSR count). The number of aromatic nitrogens is 4. The van der Waals surface area contributed by atoms with Crippen molar-refractivity contribution in [3.63, 3.8) is 0 Å². The van der Waals surface area contributed by atoms with Crippen molar-refractivity contribution in [2.24, 2.45) is 0 Å². The van der Waals surface area contributed by atoms with Crippen LogP contribution in [0, 0.1) is 0 Å². The van der Waals surface area contributed by atoms with Crippen LogP contribution in [0.3, 0.4) is 0 Å². The van der Waals surface area contributed by atoms with E-state index in [1.165, 1.54) is 11.3 Å². The van der Waals surface area contributed by atoms with E-state index in [1.807, 2.05) is 23.1 Å². The summed E-state index contributed by atoms with van der Waals surface area (Å²) in [5.74, 6) is 0. The molecule has 2 N–H and O–H groups in total. The molecule has 0 aliphatic heterocycles. The Morgan fingerprint density at radius 2 is 2.22 bits per heavy atom. The molecule has 0 saturated carbocycles. The largest absolute Gasteiger partial charge is 0.311 e. The van der Waals surface area contributed by atoms with Crippen LogP contribution in [0.5, 0.6) is 0 Å². The van der Waals surface area contributed by atoms with Gasteiger partial charge >= 0.3 is 0 Å². The van der Waals surface area contributed by atoms with Crippen LogP contribution in [-0.4, -0.2) is 26.5 Å². The van der Waals surface area contributed by atoms with Crippen LogP contribution in [0.25, 0.3) is 0 Å². The normalized spacial score (nSPS) is 11.9. The SMILES string of the molecule is CC(C)(C)c1[nH]ncc1CNCCn1cccn1. The van der Waals surface area contributed by atoms with Crippen LogP contribution in [-0.2, 0) is 18.5 Å². The van der Waals surface area contributed by atoms with Crippen molar-refractivity contribution >= 4 is 0 Å². The summed E-state index contributed by atoms with van der Waals surface area (Å²) in [6.07, 6.45) is 5.68. The lowest BCUT2D eigenvalue weighted by atomic mass is 9.89. The molecule has 0 unspecified atom stereocenters. The van der Waals surface area contributed by atoms with Gasteiger partial charge < -0.3 is 5.32 Å². The summed E-state index contributed by atoms with van der Waals surface area (Å²) in [4.78, 5) is 0. The topological polar surface area (TPSA) is 58.5 Å². The summed E-state index contributed by atoms with van der Waals surface area (Å²) in [5, 5.41) is 14.8. The number of nitrogens with zero attached hydrogens (tertiary/aromatic N) is 3. The molecule has 0 bridgehead atoms. The maximum atomic E-state index is 4.17. The quantitative estimate of drug-likeness (QED) is 0.791. The third kappa shape index (κ3) is 3.20. The first kappa shape index (κ1) is 12.8. The molecule has 0 saturated heterocycles. The van der Waals surface area contributed by atoms with E-state index in [4.69, 9.17) is 0 Å². The van der Waals surface area contributed by atoms with Gasteiger partial charge in [0, 0.05) is 42.2 Å². The third-order valence-electron chi connectivity index (χ3n) is 2.86. The van der Waals surface area contributed by atoms with Crippen LogP contribution in [0.1, 0.15) is 32.0 Å². The Morgan fingerprint density at radius 3 is 2.89 bits per heavy atom. The molecule has 0 radical (unpaired) electrons. The van der Waals surface area contributed by atoms with Gasteiger partial charge in [0.15, 0.2) is 0 Å². The Hall–Kier alpha value is -1.62. The summed E-state index contributed by atoms with van der Waals surface area (Å²) < 4.78 is 1.92. The van der Waals surface area contributed by atoms with Gasteiger partial charge in [0.25, 0.3) is 0 Å². The molecule has 2 aromatic rings. The molecule has 0 aliphatic rings. The van der Waals surface area contributed by atoms with Crippen LogP contribution in [0.2, 0.25) is 0 Å². The highest BCUT2D eigenvalue weighted by Crippen LogP contribution is 2.22. The standard InChI is InChI=1S/C13H21N5/c1-13(2,3)12-11(10-15-17-12)9-14-6-8-18-7-4-5-16-18/h4-5,7,10,14H,6,8-9H2,1-3H3,(H,15,17). The second-order valence-corrected chi connectivity index (χ2v) is 5.47. The van der Waals surface area contributed by atoms with E-state index in [2.05, 4.69) is 41.4 Å². The minimum absolute atomic E-state index is 0.107. The average molecular weight is 247 g/mol. The van der Waals surface area contributed by atoms with Crippen molar-refractivity contribution in [3.8, 4) is 0 Å². The summed E-state index contributed by atoms with van der Waals surface area (Å²) in [6, 6.07) is 1.94. The second kappa shape index (κ2) is 5.35. The van der Waals surface area contributed by atoms with Gasteiger partial charge in [-0.1, -0.05) is 20.8 Å². The monoisotopic (exact) mass is 247 g/mol. The fraction of sp³-hybridized carbons (Fsp3) is 0.538. The molecule has 0 fully saturated rings. The number of aromatic amines is 1. The van der Waals surface area contributed by atoms with Gasteiger partial charge in [-0.3, -0.25) is 9.78 Å². The Bertz CT molecular complexity index is 464. The van der Waals surface area contributed by atoms with E-state index < -0.39 is 0 Å². The highest BCUT2D eigenvalue weighted by atomic mass is 15.3. The Balaban J connectivity index is 1.82. The van der Waals surface area contributed by atoms with Crippen molar-refractivity contribution in [1.29, 1.82) is 0 Å². The first-order valence-electron chi connectivity index (χ1n) is 6.28. The zero-order valence-electron chi connectivity index (χ0n) is 11.3. The zero-order chi connectivity index (χ0) is 13.0. The van der Waals surface area contributed by atoms with Gasteiger partial charge in [-0.05, 0) is 6.07 Å². The average Bonchev–Trinajstić information content (AvgIpc) is 2.94. The lowest BCUT2D eigenvalue weighted by Gasteiger charge is -2.18. The molecule has 2 aromatic heterocycles. The van der Waals surface area contributed by atoms with Crippen LogP contribution < -0.4 is 5.32 Å². The molecule has 98 valence electrons. The molecule has 0 aromatic carbocycles. The second-order valence-electron chi connectivity index (χ2n) is 5.47. The van der Waals surface area contributed by atoms with Crippen LogP contribution in [0.15, 0.2) is 24.7 Å². The molecule has 2 heterocycles. The number of rotatable bonds is 5. The van der Waals surface area contributed by atoms with Gasteiger partial charge in [0.2, 0.25) is 0 Å². The van der Waals surface area contributed by atoms with Crippen molar-refractivity contribution in [3.05, 3.63) is 35.9 Å². The van der Waals surface area contributed by atoms with E-state index in [1.54, 1.807) is 6.20 Å². The molecule has 5 nitrogen and oxygen atoms in total. The van der Waals surface area contributed by atoms with E-state index >= 15 is 0 Å². The highest BCUT2D eigenvalue weighted by molar-refractivity contribution is 5.23. The first-order valence-corrected chi connectivity index (χ1v) is 6.28. The van der Waals surface area contributed by atoms with E-state index in [0.717, 1.165) is 19.6 Å². The van der Waals surface area contributed by atoms with E-state index in [9.17, 15) is 0 Å². The third-order valence-corrected chi connectivity index (χ3v) is 2.86. The lowest BCUT2D eigenvalue weighted by Crippen LogP contribution is -2.22. The van der Waals surface area contributed by atoms with Crippen molar-refractivity contribution in [2.45, 2.75) is 39.3 Å². The smallest absolute Gasteiger partial charge is 0.0535 e. The minimum Gasteiger partial charge on any atom is -0.311 e. The lowest BCUT2D eigenvalue weighted by molar-refractivity contribution is 0.535. The van der Waals surface area contributed by atoms with Gasteiger partial charge in [-0.25, -0.2) is 0 Å². The first-order chi connectivity index (χ1) is 8.57. The zero-order valence-corrected chi connectivity index (χ0v) is 11.3. The molecular weight excluding hydrogens is 226 g/mol. The molecule has 5 heteroatoms. The predicted molar refractivity (Wildman–Crippen MR) is 71.2 cm³/mol. The molecule has 0 aliphatic carbocycles. The fourth-order valence-electron chi connectivity index (χ4n) is 1.94. The van der Waals surface area contributed by atoms with Crippen LogP contribution in [0.4, 0.5) is 0 Å². The van der Waals surface area contributed by atoms with E-state index in [0.29, 0.717) is 0 Å². The fourth-order valence-corrected chi connectivity index (χ4v) is 1.94. The van der Waals surface area contributed by atoms with Gasteiger partial charge in [0.05, 0.1) is 12.7 Å². The van der Waals surface area contributed by atoms with Crippen LogP contribution >= 0.6 is 0 Å². The molecule has 0 spiro atoms. The summed E-state index contributed by atoms with van der Waals surface area (Å²) in [7, 11) is 0. The Labute approximate surface area is 108 Å². The molecular formula is C13H21N5. The van der Waals surface area contributed by atoms with Gasteiger partial charge in [-0.15, -0.1) is 0 Å². The molecule has 0 atom stereocenters. The number of hydrogen-bond acceptors (Lipinski definition) is 3. The Kier molecular flexibility index (Phi) is 3.81. The molecule has 18 heavy (non-hydrogen) atoms. The number of nitrogens with one attached hydrogen (secondary N) is 2. The predicted octanol–water partition coefficient (Wildman–Crippen LogP) is 1.69. The maximum absolute atomic E-state index is 4.17. The van der Waals surface area contributed by atoms with Crippen molar-refractivity contribution in [1.82, 2.24) is 25.3 Å². The number of hydrogen-bond donors (Lipinski definition) is 2. The maximum Gasteiger partial charge on any atom is 0.0535 e. The summed E-state index contributed by atoms with van der Waals surface area (Å²) in [5.41, 5.74) is 2.55. The minimum atomic E-state index is 0.107. The van der Waals surface area contributed by atoms with Crippen molar-refractivity contribution < 1.29 is 0 Å². The van der Waals surface area contributed by atoms with E-state index in [-0.39, 0.29) is 5.41 Å². The highest BCUT2D eigenvalue weighted by Gasteiger charge is 2.19. The number of H-pyrrole nitrogens is 1. The Morgan fingerprint density at radius 1 is 1.39 bits per heavy atom. The van der Waals surface area contributed by atoms with Crippen molar-refractivity contribution in [2.75, 3.05) is 6.54 Å². The summed E-state index contributed by atoms with van der Waals surface area (Å²) in [6.45, 7) is 9.19. The summed E-state index contributed by atoms with van der Waals surface area (Å²) >= 11 is 0. The molecule has 0 amide bonds. The van der Waals surface area contributed by atoms with Gasteiger partial charge in [0.1, 0.15) is 0 Å². The van der Waals surface area contributed by atoms with Gasteiger partial charge in [-0.2, -0.15) is 10.2 Å².